The smallest absolute Gasteiger partial charge is 0.331 e. The normalized spacial score (nSPS) is 12.3. The molecule has 16 heavy (non-hydrogen) atoms. The number of carboxylic acids is 1. The van der Waals surface area contributed by atoms with E-state index in [1.807, 2.05) is 6.26 Å². The maximum absolute atomic E-state index is 11.2. The molecule has 0 heterocycles. The van der Waals surface area contributed by atoms with E-state index < -0.39 is 11.9 Å². The Labute approximate surface area is 99.4 Å². The lowest BCUT2D eigenvalue weighted by Gasteiger charge is -2.14. The third-order valence-corrected chi connectivity index (χ3v) is 2.36. The lowest BCUT2D eigenvalue weighted by molar-refractivity contribution is -0.143. The Bertz CT molecular complexity index is 273. The van der Waals surface area contributed by atoms with Crippen LogP contribution in [0.1, 0.15) is 12.8 Å². The van der Waals surface area contributed by atoms with Gasteiger partial charge in [0, 0.05) is 18.6 Å². The molecule has 1 unspecified atom stereocenters. The van der Waals surface area contributed by atoms with Crippen LogP contribution in [-0.4, -0.2) is 35.2 Å². The standard InChI is InChI=1S/C11H16O4S/c1-3-4-9(7-8-16-2)15-11(14)6-5-10(12)13/h3,5-6,9H,1,4,7-8H2,2H3,(H,12,13). The maximum atomic E-state index is 11.2. The van der Waals surface area contributed by atoms with Crippen molar-refractivity contribution in [2.75, 3.05) is 12.0 Å². The molecule has 0 aliphatic heterocycles. The molecule has 90 valence electrons. The Balaban J connectivity index is 4.11. The summed E-state index contributed by atoms with van der Waals surface area (Å²) < 4.78 is 5.07. The van der Waals surface area contributed by atoms with Crippen LogP contribution >= 0.6 is 11.8 Å². The van der Waals surface area contributed by atoms with Crippen molar-refractivity contribution < 1.29 is 19.4 Å². The van der Waals surface area contributed by atoms with Crippen LogP contribution in [-0.2, 0) is 14.3 Å². The topological polar surface area (TPSA) is 63.6 Å². The minimum atomic E-state index is -1.17. The SMILES string of the molecule is C=CCC(CCSC)OC(=O)C=CC(=O)O. The molecule has 0 bridgehead atoms. The highest BCUT2D eigenvalue weighted by Crippen LogP contribution is 2.09. The van der Waals surface area contributed by atoms with E-state index in [0.717, 1.165) is 24.3 Å². The molecule has 0 saturated carbocycles. The van der Waals surface area contributed by atoms with Crippen LogP contribution in [0.5, 0.6) is 0 Å². The zero-order valence-corrected chi connectivity index (χ0v) is 10.0. The Kier molecular flexibility index (Phi) is 8.34. The molecule has 0 fully saturated rings. The van der Waals surface area contributed by atoms with Gasteiger partial charge < -0.3 is 9.84 Å². The summed E-state index contributed by atoms with van der Waals surface area (Å²) in [6, 6.07) is 0. The highest BCUT2D eigenvalue weighted by molar-refractivity contribution is 7.98. The average Bonchev–Trinajstić information content (AvgIpc) is 2.23. The van der Waals surface area contributed by atoms with Crippen LogP contribution in [0.2, 0.25) is 0 Å². The van der Waals surface area contributed by atoms with E-state index in [9.17, 15) is 9.59 Å². The number of thioether (sulfide) groups is 1. The number of hydrogen-bond donors (Lipinski definition) is 1. The van der Waals surface area contributed by atoms with Crippen LogP contribution in [0.4, 0.5) is 0 Å². The second kappa shape index (κ2) is 9.03. The molecular formula is C11H16O4S. The van der Waals surface area contributed by atoms with Crippen molar-refractivity contribution in [2.24, 2.45) is 0 Å². The molecule has 1 atom stereocenters. The van der Waals surface area contributed by atoms with Crippen LogP contribution < -0.4 is 0 Å². The fourth-order valence-electron chi connectivity index (χ4n) is 1.00. The maximum Gasteiger partial charge on any atom is 0.331 e. The number of carboxylic acid groups (broad SMARTS) is 1. The van der Waals surface area contributed by atoms with Crippen LogP contribution in [0.3, 0.4) is 0 Å². The summed E-state index contributed by atoms with van der Waals surface area (Å²) in [5.74, 6) is -0.911. The van der Waals surface area contributed by atoms with Crippen molar-refractivity contribution in [3.63, 3.8) is 0 Å². The first-order valence-electron chi connectivity index (χ1n) is 4.81. The summed E-state index contributed by atoms with van der Waals surface area (Å²) in [5.41, 5.74) is 0. The van der Waals surface area contributed by atoms with E-state index in [2.05, 4.69) is 6.58 Å². The highest BCUT2D eigenvalue weighted by atomic mass is 32.2. The Hall–Kier alpha value is -1.23. The molecule has 4 nitrogen and oxygen atoms in total. The molecule has 0 rings (SSSR count). The van der Waals surface area contributed by atoms with Crippen LogP contribution in [0.15, 0.2) is 24.8 Å². The molecule has 0 aromatic rings. The summed E-state index contributed by atoms with van der Waals surface area (Å²) in [5, 5.41) is 8.33. The number of aliphatic carboxylic acids is 1. The van der Waals surface area contributed by atoms with Gasteiger partial charge in [0.2, 0.25) is 0 Å². The van der Waals surface area contributed by atoms with E-state index in [0.29, 0.717) is 6.42 Å². The molecule has 0 aliphatic rings. The molecule has 0 radical (unpaired) electrons. The van der Waals surface area contributed by atoms with E-state index >= 15 is 0 Å². The molecule has 1 N–H and O–H groups in total. The number of rotatable bonds is 8. The summed E-state index contributed by atoms with van der Waals surface area (Å²) in [7, 11) is 0. The first kappa shape index (κ1) is 14.8. The number of ether oxygens (including phenoxy) is 1. The van der Waals surface area contributed by atoms with Crippen molar-refractivity contribution in [1.29, 1.82) is 0 Å². The second-order valence-corrected chi connectivity index (χ2v) is 4.02. The third kappa shape index (κ3) is 8.11. The average molecular weight is 244 g/mol. The molecule has 5 heteroatoms. The van der Waals surface area contributed by atoms with Gasteiger partial charge in [-0.1, -0.05) is 6.08 Å². The first-order valence-corrected chi connectivity index (χ1v) is 6.21. The van der Waals surface area contributed by atoms with Gasteiger partial charge in [0.15, 0.2) is 0 Å². The van der Waals surface area contributed by atoms with Gasteiger partial charge in [-0.05, 0) is 18.4 Å². The van der Waals surface area contributed by atoms with Gasteiger partial charge in [-0.15, -0.1) is 6.58 Å². The van der Waals surface area contributed by atoms with Gasteiger partial charge in [0.1, 0.15) is 6.10 Å². The molecular weight excluding hydrogens is 228 g/mol. The van der Waals surface area contributed by atoms with Crippen molar-refractivity contribution in [3.8, 4) is 0 Å². The van der Waals surface area contributed by atoms with Gasteiger partial charge in [-0.3, -0.25) is 0 Å². The van der Waals surface area contributed by atoms with Crippen molar-refractivity contribution in [3.05, 3.63) is 24.8 Å². The van der Waals surface area contributed by atoms with Gasteiger partial charge in [0.05, 0.1) is 0 Å². The highest BCUT2D eigenvalue weighted by Gasteiger charge is 2.10. The molecule has 0 aromatic heterocycles. The minimum Gasteiger partial charge on any atom is -0.478 e. The van der Waals surface area contributed by atoms with Crippen LogP contribution in [0, 0.1) is 0 Å². The van der Waals surface area contributed by atoms with E-state index in [1.54, 1.807) is 17.8 Å². The Morgan fingerprint density at radius 3 is 2.69 bits per heavy atom. The lowest BCUT2D eigenvalue weighted by Crippen LogP contribution is -2.17. The summed E-state index contributed by atoms with van der Waals surface area (Å²) in [6.07, 6.45) is 6.42. The Morgan fingerprint density at radius 1 is 1.50 bits per heavy atom. The predicted octanol–water partition coefficient (Wildman–Crippen LogP) is 1.87. The van der Waals surface area contributed by atoms with Crippen LogP contribution in [0.25, 0.3) is 0 Å². The molecule has 0 saturated heterocycles. The zero-order chi connectivity index (χ0) is 12.4. The van der Waals surface area contributed by atoms with Crippen molar-refractivity contribution in [1.82, 2.24) is 0 Å². The minimum absolute atomic E-state index is 0.226. The molecule has 0 amide bonds. The molecule has 0 spiro atoms. The third-order valence-electron chi connectivity index (χ3n) is 1.72. The fourth-order valence-corrected chi connectivity index (χ4v) is 1.50. The Morgan fingerprint density at radius 2 is 2.19 bits per heavy atom. The van der Waals surface area contributed by atoms with E-state index in [1.165, 1.54) is 0 Å². The zero-order valence-electron chi connectivity index (χ0n) is 9.22. The van der Waals surface area contributed by atoms with Crippen molar-refractivity contribution >= 4 is 23.7 Å². The van der Waals surface area contributed by atoms with E-state index in [4.69, 9.17) is 9.84 Å². The number of hydrogen-bond acceptors (Lipinski definition) is 4. The van der Waals surface area contributed by atoms with Gasteiger partial charge in [-0.25, -0.2) is 9.59 Å². The predicted molar refractivity (Wildman–Crippen MR) is 64.5 cm³/mol. The van der Waals surface area contributed by atoms with Crippen molar-refractivity contribution in [2.45, 2.75) is 18.9 Å². The lowest BCUT2D eigenvalue weighted by atomic mass is 10.2. The summed E-state index contributed by atoms with van der Waals surface area (Å²) >= 11 is 1.66. The van der Waals surface area contributed by atoms with Gasteiger partial charge in [0.25, 0.3) is 0 Å². The fraction of sp³-hybridized carbons (Fsp3) is 0.455. The summed E-state index contributed by atoms with van der Waals surface area (Å²) in [4.78, 5) is 21.4. The van der Waals surface area contributed by atoms with Gasteiger partial charge >= 0.3 is 11.9 Å². The molecule has 0 aliphatic carbocycles. The largest absolute Gasteiger partial charge is 0.478 e. The monoisotopic (exact) mass is 244 g/mol. The molecule has 0 aromatic carbocycles. The second-order valence-electron chi connectivity index (χ2n) is 3.04. The first-order chi connectivity index (χ1) is 7.60. The van der Waals surface area contributed by atoms with Gasteiger partial charge in [-0.2, -0.15) is 11.8 Å². The number of carbonyl (C=O) groups is 2. The summed E-state index contributed by atoms with van der Waals surface area (Å²) in [6.45, 7) is 3.58. The quantitative estimate of drug-likeness (QED) is 0.401. The number of carbonyl (C=O) groups excluding carboxylic acids is 1. The number of esters is 1. The van der Waals surface area contributed by atoms with E-state index in [-0.39, 0.29) is 6.10 Å².